The number of imidazole rings is 1. The lowest BCUT2D eigenvalue weighted by molar-refractivity contribution is -0.722. The zero-order valence-corrected chi connectivity index (χ0v) is 11.8. The Morgan fingerprint density at radius 2 is 1.72 bits per heavy atom. The molecule has 0 saturated heterocycles. The number of benzene rings is 1. The Bertz CT molecular complexity index is 470. The highest BCUT2D eigenvalue weighted by Crippen LogP contribution is 2.13. The van der Waals surface area contributed by atoms with Crippen LogP contribution in [0.2, 0.25) is 0 Å². The Hall–Kier alpha value is -1.57. The first-order valence-corrected chi connectivity index (χ1v) is 6.74. The Kier molecular flexibility index (Phi) is 3.85. The van der Waals surface area contributed by atoms with Gasteiger partial charge in [0.05, 0.1) is 18.5 Å². The molecular weight excluding hydrogens is 220 g/mol. The van der Waals surface area contributed by atoms with Gasteiger partial charge in [0, 0.05) is 0 Å². The van der Waals surface area contributed by atoms with Crippen molar-refractivity contribution in [2.24, 2.45) is 0 Å². The predicted octanol–water partition coefficient (Wildman–Crippen LogP) is 3.53. The second-order valence-electron chi connectivity index (χ2n) is 5.38. The number of nitrogens with zero attached hydrogens (tertiary/aromatic N) is 2. The summed E-state index contributed by atoms with van der Waals surface area (Å²) in [6.07, 6.45) is 5.39. The molecule has 1 heterocycles. The van der Waals surface area contributed by atoms with Crippen molar-refractivity contribution >= 4 is 0 Å². The highest BCUT2D eigenvalue weighted by atomic mass is 15.2. The van der Waals surface area contributed by atoms with E-state index in [1.54, 1.807) is 0 Å². The Balaban J connectivity index is 2.38. The molecule has 1 aromatic heterocycles. The van der Waals surface area contributed by atoms with E-state index in [9.17, 15) is 0 Å². The third-order valence-electron chi connectivity index (χ3n) is 3.30. The average molecular weight is 243 g/mol. The van der Waals surface area contributed by atoms with Crippen LogP contribution in [0.15, 0.2) is 42.7 Å². The van der Waals surface area contributed by atoms with Gasteiger partial charge in [0.2, 0.25) is 0 Å². The van der Waals surface area contributed by atoms with E-state index in [2.05, 4.69) is 79.6 Å². The third-order valence-corrected chi connectivity index (χ3v) is 3.30. The van der Waals surface area contributed by atoms with Crippen LogP contribution in [0.5, 0.6) is 0 Å². The summed E-state index contributed by atoms with van der Waals surface area (Å²) in [4.78, 5) is 0. The van der Waals surface area contributed by atoms with Gasteiger partial charge in [-0.05, 0) is 33.3 Å². The molecule has 0 amide bonds. The molecule has 0 bridgehead atoms. The number of hydrogen-bond acceptors (Lipinski definition) is 0. The highest BCUT2D eigenvalue weighted by molar-refractivity contribution is 5.18. The van der Waals surface area contributed by atoms with E-state index in [0.717, 1.165) is 6.42 Å². The molecule has 1 aromatic carbocycles. The van der Waals surface area contributed by atoms with E-state index >= 15 is 0 Å². The normalized spacial score (nSPS) is 11.4. The minimum atomic E-state index is 0.503. The topological polar surface area (TPSA) is 8.81 Å². The maximum atomic E-state index is 2.37. The van der Waals surface area contributed by atoms with Gasteiger partial charge in [0.25, 0.3) is 5.82 Å². The molecule has 2 nitrogen and oxygen atoms in total. The maximum Gasteiger partial charge on any atom is 0.261 e. The lowest BCUT2D eigenvalue weighted by atomic mass is 10.1. The molecule has 0 unspecified atom stereocenters. The first kappa shape index (κ1) is 12.9. The van der Waals surface area contributed by atoms with Crippen LogP contribution in [0.1, 0.15) is 51.2 Å². The van der Waals surface area contributed by atoms with E-state index in [4.69, 9.17) is 0 Å². The predicted molar refractivity (Wildman–Crippen MR) is 74.6 cm³/mol. The SMILES string of the molecule is CC(C)n1cc[n+](C(C)C)c1Cc1ccccc1. The van der Waals surface area contributed by atoms with E-state index in [1.165, 1.54) is 11.4 Å². The maximum absolute atomic E-state index is 2.37. The molecule has 0 aliphatic rings. The summed E-state index contributed by atoms with van der Waals surface area (Å²) >= 11 is 0. The second kappa shape index (κ2) is 5.38. The first-order chi connectivity index (χ1) is 8.59. The number of rotatable bonds is 4. The third kappa shape index (κ3) is 2.63. The average Bonchev–Trinajstić information content (AvgIpc) is 2.74. The zero-order valence-electron chi connectivity index (χ0n) is 11.8. The van der Waals surface area contributed by atoms with Crippen molar-refractivity contribution in [3.63, 3.8) is 0 Å². The van der Waals surface area contributed by atoms with Crippen LogP contribution in [0.3, 0.4) is 0 Å². The summed E-state index contributed by atoms with van der Waals surface area (Å²) in [5, 5.41) is 0. The summed E-state index contributed by atoms with van der Waals surface area (Å²) < 4.78 is 4.74. The minimum Gasteiger partial charge on any atom is -0.232 e. The molecule has 2 rings (SSSR count). The van der Waals surface area contributed by atoms with E-state index < -0.39 is 0 Å². The largest absolute Gasteiger partial charge is 0.261 e. The van der Waals surface area contributed by atoms with Gasteiger partial charge in [-0.3, -0.25) is 0 Å². The van der Waals surface area contributed by atoms with Crippen LogP contribution in [0.4, 0.5) is 0 Å². The second-order valence-corrected chi connectivity index (χ2v) is 5.38. The highest BCUT2D eigenvalue weighted by Gasteiger charge is 2.21. The molecule has 2 aromatic rings. The smallest absolute Gasteiger partial charge is 0.232 e. The van der Waals surface area contributed by atoms with Crippen molar-refractivity contribution in [2.45, 2.75) is 46.2 Å². The summed E-state index contributed by atoms with van der Waals surface area (Å²) in [7, 11) is 0. The lowest BCUT2D eigenvalue weighted by Gasteiger charge is -2.09. The molecule has 0 aliphatic heterocycles. The van der Waals surface area contributed by atoms with Crippen molar-refractivity contribution in [3.8, 4) is 0 Å². The molecular formula is C16H23N2+. The molecule has 0 spiro atoms. The molecule has 0 saturated carbocycles. The molecule has 2 heteroatoms. The van der Waals surface area contributed by atoms with Gasteiger partial charge >= 0.3 is 0 Å². The fraction of sp³-hybridized carbons (Fsp3) is 0.438. The standard InChI is InChI=1S/C16H23N2/c1-13(2)17-10-11-18(14(3)4)16(17)12-15-8-6-5-7-9-15/h5-11,13-14H,12H2,1-4H3/q+1. The van der Waals surface area contributed by atoms with Crippen molar-refractivity contribution in [1.82, 2.24) is 4.57 Å². The molecule has 0 fully saturated rings. The van der Waals surface area contributed by atoms with Gasteiger partial charge in [0.1, 0.15) is 12.4 Å². The first-order valence-electron chi connectivity index (χ1n) is 6.74. The zero-order chi connectivity index (χ0) is 13.1. The van der Waals surface area contributed by atoms with Gasteiger partial charge in [-0.2, -0.15) is 0 Å². The van der Waals surface area contributed by atoms with Crippen LogP contribution < -0.4 is 4.57 Å². The van der Waals surface area contributed by atoms with E-state index in [1.807, 2.05) is 0 Å². The summed E-state index contributed by atoms with van der Waals surface area (Å²) in [5.74, 6) is 1.38. The molecule has 18 heavy (non-hydrogen) atoms. The minimum absolute atomic E-state index is 0.503. The summed E-state index contributed by atoms with van der Waals surface area (Å²) in [5.41, 5.74) is 1.37. The molecule has 0 N–H and O–H groups in total. The van der Waals surface area contributed by atoms with Crippen molar-refractivity contribution in [1.29, 1.82) is 0 Å². The van der Waals surface area contributed by atoms with Crippen LogP contribution in [-0.4, -0.2) is 4.57 Å². The Labute approximate surface area is 110 Å². The molecule has 96 valence electrons. The fourth-order valence-corrected chi connectivity index (χ4v) is 2.35. The van der Waals surface area contributed by atoms with Crippen LogP contribution in [0.25, 0.3) is 0 Å². The monoisotopic (exact) mass is 243 g/mol. The van der Waals surface area contributed by atoms with Gasteiger partial charge in [0.15, 0.2) is 0 Å². The van der Waals surface area contributed by atoms with Crippen LogP contribution in [-0.2, 0) is 6.42 Å². The molecule has 0 radical (unpaired) electrons. The van der Waals surface area contributed by atoms with Gasteiger partial charge in [-0.1, -0.05) is 30.3 Å². The van der Waals surface area contributed by atoms with E-state index in [0.29, 0.717) is 12.1 Å². The lowest BCUT2D eigenvalue weighted by Crippen LogP contribution is -2.39. The van der Waals surface area contributed by atoms with Gasteiger partial charge in [-0.15, -0.1) is 0 Å². The quantitative estimate of drug-likeness (QED) is 0.726. The number of hydrogen-bond donors (Lipinski definition) is 0. The molecule has 0 aliphatic carbocycles. The Morgan fingerprint density at radius 3 is 2.28 bits per heavy atom. The van der Waals surface area contributed by atoms with Gasteiger partial charge < -0.3 is 0 Å². The fourth-order valence-electron chi connectivity index (χ4n) is 2.35. The summed E-state index contributed by atoms with van der Waals surface area (Å²) in [6, 6.07) is 11.7. The summed E-state index contributed by atoms with van der Waals surface area (Å²) in [6.45, 7) is 8.94. The van der Waals surface area contributed by atoms with Crippen molar-refractivity contribution < 1.29 is 4.57 Å². The van der Waals surface area contributed by atoms with Crippen molar-refractivity contribution in [2.75, 3.05) is 0 Å². The Morgan fingerprint density at radius 1 is 1.06 bits per heavy atom. The molecule has 0 atom stereocenters. The van der Waals surface area contributed by atoms with Gasteiger partial charge in [-0.25, -0.2) is 9.13 Å². The van der Waals surface area contributed by atoms with Crippen molar-refractivity contribution in [3.05, 3.63) is 54.1 Å². The van der Waals surface area contributed by atoms with E-state index in [-0.39, 0.29) is 0 Å². The van der Waals surface area contributed by atoms with Crippen LogP contribution in [0, 0.1) is 0 Å². The number of aromatic nitrogens is 2. The van der Waals surface area contributed by atoms with Crippen LogP contribution >= 0.6 is 0 Å².